The van der Waals surface area contributed by atoms with Gasteiger partial charge < -0.3 is 14.2 Å². The lowest BCUT2D eigenvalue weighted by molar-refractivity contribution is 0.397. The van der Waals surface area contributed by atoms with Crippen LogP contribution in [0.15, 0.2) is 36.4 Å². The molecule has 112 valence electrons. The zero-order chi connectivity index (χ0) is 15.4. The third-order valence-corrected chi connectivity index (χ3v) is 4.16. The topological polar surface area (TPSA) is 27.7 Å². The highest BCUT2D eigenvalue weighted by Crippen LogP contribution is 2.42. The average molecular weight is 355 g/mol. The highest BCUT2D eigenvalue weighted by Gasteiger charge is 2.20. The molecule has 0 bridgehead atoms. The second kappa shape index (κ2) is 6.80. The Bertz CT molecular complexity index is 631. The molecule has 0 heterocycles. The molecule has 5 heteroatoms. The van der Waals surface area contributed by atoms with Gasteiger partial charge in [0, 0.05) is 11.1 Å². The maximum absolute atomic E-state index is 13.6. The van der Waals surface area contributed by atoms with E-state index < -0.39 is 0 Å². The molecule has 0 aliphatic rings. The van der Waals surface area contributed by atoms with Gasteiger partial charge in [-0.25, -0.2) is 4.39 Å². The number of halogens is 2. The van der Waals surface area contributed by atoms with Gasteiger partial charge in [-0.3, -0.25) is 0 Å². The Balaban J connectivity index is 2.53. The fourth-order valence-corrected chi connectivity index (χ4v) is 2.82. The molecule has 2 rings (SSSR count). The fraction of sp³-hybridized carbons (Fsp3) is 0.250. The van der Waals surface area contributed by atoms with Crippen molar-refractivity contribution in [3.63, 3.8) is 0 Å². The molecule has 2 aromatic carbocycles. The van der Waals surface area contributed by atoms with Gasteiger partial charge in [0.2, 0.25) is 0 Å². The average Bonchev–Trinajstić information content (AvgIpc) is 2.53. The van der Waals surface area contributed by atoms with Gasteiger partial charge in [0.05, 0.1) is 26.2 Å². The van der Waals surface area contributed by atoms with E-state index in [1.807, 2.05) is 18.2 Å². The van der Waals surface area contributed by atoms with Gasteiger partial charge in [0.1, 0.15) is 23.1 Å². The van der Waals surface area contributed by atoms with Crippen LogP contribution in [0.2, 0.25) is 0 Å². The monoisotopic (exact) mass is 354 g/mol. The molecule has 0 radical (unpaired) electrons. The Morgan fingerprint density at radius 3 is 2.00 bits per heavy atom. The minimum absolute atomic E-state index is 0.284. The molecule has 0 amide bonds. The van der Waals surface area contributed by atoms with E-state index in [0.29, 0.717) is 22.8 Å². The Morgan fingerprint density at radius 1 is 0.857 bits per heavy atom. The van der Waals surface area contributed by atoms with Gasteiger partial charge >= 0.3 is 0 Å². The van der Waals surface area contributed by atoms with Gasteiger partial charge in [-0.1, -0.05) is 15.9 Å². The predicted octanol–water partition coefficient (Wildman–Crippen LogP) is 4.34. The molecular formula is C16H16BrFO3. The van der Waals surface area contributed by atoms with Gasteiger partial charge in [-0.15, -0.1) is 0 Å². The second-order valence-electron chi connectivity index (χ2n) is 4.36. The van der Waals surface area contributed by atoms with Crippen LogP contribution in [0, 0.1) is 5.82 Å². The lowest BCUT2D eigenvalue weighted by atomic mass is 10.0. The lowest BCUT2D eigenvalue weighted by Crippen LogP contribution is -2.01. The van der Waals surface area contributed by atoms with Crippen molar-refractivity contribution >= 4 is 15.9 Å². The van der Waals surface area contributed by atoms with Crippen molar-refractivity contribution in [1.82, 2.24) is 0 Å². The molecule has 0 aromatic heterocycles. The van der Waals surface area contributed by atoms with Crippen molar-refractivity contribution in [3.05, 3.63) is 53.3 Å². The summed E-state index contributed by atoms with van der Waals surface area (Å²) in [5.74, 6) is 1.66. The summed E-state index contributed by atoms with van der Waals surface area (Å²) < 4.78 is 29.5. The van der Waals surface area contributed by atoms with E-state index in [1.54, 1.807) is 27.4 Å². The third kappa shape index (κ3) is 3.29. The first-order valence-electron chi connectivity index (χ1n) is 6.30. The maximum Gasteiger partial charge on any atom is 0.123 e. The van der Waals surface area contributed by atoms with Crippen LogP contribution in [0.25, 0.3) is 0 Å². The number of ether oxygens (including phenoxy) is 3. The van der Waals surface area contributed by atoms with Gasteiger partial charge in [-0.05, 0) is 36.4 Å². The quantitative estimate of drug-likeness (QED) is 0.747. The third-order valence-electron chi connectivity index (χ3n) is 3.17. The number of alkyl halides is 1. The molecule has 0 fully saturated rings. The first-order valence-corrected chi connectivity index (χ1v) is 7.21. The Kier molecular flexibility index (Phi) is 5.07. The van der Waals surface area contributed by atoms with E-state index in [-0.39, 0.29) is 10.6 Å². The summed E-state index contributed by atoms with van der Waals surface area (Å²) in [5, 5.41) is 0. The number of hydrogen-bond acceptors (Lipinski definition) is 3. The van der Waals surface area contributed by atoms with Crippen LogP contribution in [-0.4, -0.2) is 21.3 Å². The Labute approximate surface area is 131 Å². The fourth-order valence-electron chi connectivity index (χ4n) is 2.11. The first-order chi connectivity index (χ1) is 10.1. The van der Waals surface area contributed by atoms with Gasteiger partial charge in [-0.2, -0.15) is 0 Å². The van der Waals surface area contributed by atoms with E-state index in [9.17, 15) is 4.39 Å². The Hall–Kier alpha value is -1.75. The summed E-state index contributed by atoms with van der Waals surface area (Å²) in [5.41, 5.74) is 1.52. The summed E-state index contributed by atoms with van der Waals surface area (Å²) in [4.78, 5) is -0.284. The first kappa shape index (κ1) is 15.6. The second-order valence-corrected chi connectivity index (χ2v) is 5.27. The zero-order valence-corrected chi connectivity index (χ0v) is 13.6. The maximum atomic E-state index is 13.6. The van der Waals surface area contributed by atoms with Gasteiger partial charge in [0.25, 0.3) is 0 Å². The summed E-state index contributed by atoms with van der Waals surface area (Å²) >= 11 is 3.59. The molecule has 0 spiro atoms. The van der Waals surface area contributed by atoms with Crippen molar-refractivity contribution in [2.24, 2.45) is 0 Å². The predicted molar refractivity (Wildman–Crippen MR) is 83.3 cm³/mol. The van der Waals surface area contributed by atoms with E-state index >= 15 is 0 Å². The molecule has 1 atom stereocenters. The van der Waals surface area contributed by atoms with E-state index in [4.69, 9.17) is 14.2 Å². The molecule has 2 aromatic rings. The summed E-state index contributed by atoms with van der Waals surface area (Å²) in [6.07, 6.45) is 0. The number of hydrogen-bond donors (Lipinski definition) is 0. The summed E-state index contributed by atoms with van der Waals surface area (Å²) in [7, 11) is 4.74. The highest BCUT2D eigenvalue weighted by atomic mass is 79.9. The van der Waals surface area contributed by atoms with E-state index in [0.717, 1.165) is 5.56 Å². The van der Waals surface area contributed by atoms with Crippen LogP contribution in [0.4, 0.5) is 4.39 Å². The Morgan fingerprint density at radius 2 is 1.43 bits per heavy atom. The van der Waals surface area contributed by atoms with Crippen LogP contribution in [0.5, 0.6) is 17.2 Å². The van der Waals surface area contributed by atoms with Crippen molar-refractivity contribution in [2.45, 2.75) is 4.83 Å². The van der Waals surface area contributed by atoms with Crippen LogP contribution in [-0.2, 0) is 0 Å². The summed E-state index contributed by atoms with van der Waals surface area (Å²) in [6.45, 7) is 0. The molecule has 0 N–H and O–H groups in total. The zero-order valence-electron chi connectivity index (χ0n) is 12.0. The van der Waals surface area contributed by atoms with Gasteiger partial charge in [0.15, 0.2) is 0 Å². The SMILES string of the molecule is COc1ccc(OC)c(C(Br)c2cc(F)ccc2OC)c1. The normalized spacial score (nSPS) is 11.9. The van der Waals surface area contributed by atoms with Crippen molar-refractivity contribution in [2.75, 3.05) is 21.3 Å². The van der Waals surface area contributed by atoms with Crippen LogP contribution < -0.4 is 14.2 Å². The lowest BCUT2D eigenvalue weighted by Gasteiger charge is -2.18. The molecular weight excluding hydrogens is 339 g/mol. The molecule has 0 saturated carbocycles. The van der Waals surface area contributed by atoms with Crippen LogP contribution in [0.3, 0.4) is 0 Å². The number of methoxy groups -OCH3 is 3. The molecule has 0 aliphatic heterocycles. The molecule has 21 heavy (non-hydrogen) atoms. The van der Waals surface area contributed by atoms with Crippen LogP contribution in [0.1, 0.15) is 16.0 Å². The summed E-state index contributed by atoms with van der Waals surface area (Å²) in [6, 6.07) is 9.88. The van der Waals surface area contributed by atoms with Crippen LogP contribution >= 0.6 is 15.9 Å². The molecule has 1 unspecified atom stereocenters. The van der Waals surface area contributed by atoms with Crippen molar-refractivity contribution in [3.8, 4) is 17.2 Å². The largest absolute Gasteiger partial charge is 0.497 e. The molecule has 0 aliphatic carbocycles. The number of benzene rings is 2. The number of rotatable bonds is 5. The smallest absolute Gasteiger partial charge is 0.123 e. The highest BCUT2D eigenvalue weighted by molar-refractivity contribution is 9.09. The molecule has 3 nitrogen and oxygen atoms in total. The van der Waals surface area contributed by atoms with Crippen molar-refractivity contribution in [1.29, 1.82) is 0 Å². The van der Waals surface area contributed by atoms with E-state index in [1.165, 1.54) is 12.1 Å². The molecule has 0 saturated heterocycles. The van der Waals surface area contributed by atoms with E-state index in [2.05, 4.69) is 15.9 Å². The van der Waals surface area contributed by atoms with Crippen molar-refractivity contribution < 1.29 is 18.6 Å². The standard InChI is InChI=1S/C16H16BrFO3/c1-19-11-5-7-15(21-3)13(9-11)16(17)12-8-10(18)4-6-14(12)20-2/h4-9,16H,1-3H3. The minimum atomic E-state index is -0.322. The minimum Gasteiger partial charge on any atom is -0.497 e.